The monoisotopic (exact) mass is 477 g/mol. The average molecular weight is 478 g/mol. The molecule has 2 heterocycles. The molecule has 0 radical (unpaired) electrons. The summed E-state index contributed by atoms with van der Waals surface area (Å²) in [7, 11) is 0. The molecule has 168 valence electrons. The maximum absolute atomic E-state index is 13.4. The lowest BCUT2D eigenvalue weighted by atomic mass is 10.0. The molecule has 1 saturated heterocycles. The minimum absolute atomic E-state index is 0.00395. The number of benzene rings is 2. The van der Waals surface area contributed by atoms with E-state index in [2.05, 4.69) is 41.9 Å². The Morgan fingerprint density at radius 3 is 2.48 bits per heavy atom. The van der Waals surface area contributed by atoms with E-state index >= 15 is 0 Å². The molecule has 0 unspecified atom stereocenters. The van der Waals surface area contributed by atoms with Gasteiger partial charge in [0.25, 0.3) is 11.8 Å². The molecule has 2 aromatic carbocycles. The topological polar surface area (TPSA) is 54.3 Å². The summed E-state index contributed by atoms with van der Waals surface area (Å²) in [6, 6.07) is 15.2. The summed E-state index contributed by atoms with van der Waals surface area (Å²) in [6.45, 7) is 8.24. The quantitative estimate of drug-likeness (QED) is 0.309. The number of nitrogens with zero attached hydrogens (tertiary/aromatic N) is 2. The van der Waals surface area contributed by atoms with Gasteiger partial charge in [-0.1, -0.05) is 48.9 Å². The number of halogens is 1. The van der Waals surface area contributed by atoms with Crippen LogP contribution in [0.25, 0.3) is 11.8 Å². The maximum Gasteiger partial charge on any atom is 0.270 e. The van der Waals surface area contributed by atoms with E-state index in [1.54, 1.807) is 30.3 Å². The van der Waals surface area contributed by atoms with Crippen LogP contribution >= 0.6 is 23.8 Å². The number of nitrogens with one attached hydrogen (secondary N) is 1. The Morgan fingerprint density at radius 2 is 1.79 bits per heavy atom. The van der Waals surface area contributed by atoms with Crippen molar-refractivity contribution in [3.63, 3.8) is 0 Å². The van der Waals surface area contributed by atoms with Gasteiger partial charge in [-0.2, -0.15) is 0 Å². The molecule has 7 heteroatoms. The number of amides is 2. The number of aromatic nitrogens is 1. The Balaban J connectivity index is 1.82. The van der Waals surface area contributed by atoms with Gasteiger partial charge in [0.05, 0.1) is 16.4 Å². The zero-order valence-corrected chi connectivity index (χ0v) is 20.5. The summed E-state index contributed by atoms with van der Waals surface area (Å²) < 4.78 is 2.18. The summed E-state index contributed by atoms with van der Waals surface area (Å²) in [5.41, 5.74) is 6.73. The Kier molecular flexibility index (Phi) is 6.23. The molecule has 0 saturated carbocycles. The number of aryl methyl sites for hydroxylation is 3. The second kappa shape index (κ2) is 8.96. The molecule has 1 N–H and O–H groups in total. The first-order valence-electron chi connectivity index (χ1n) is 10.7. The zero-order chi connectivity index (χ0) is 23.9. The number of carbonyl (C=O) groups is 2. The third-order valence-electron chi connectivity index (χ3n) is 5.89. The van der Waals surface area contributed by atoms with Gasteiger partial charge in [-0.3, -0.25) is 19.8 Å². The molecule has 1 fully saturated rings. The van der Waals surface area contributed by atoms with Gasteiger partial charge in [0.15, 0.2) is 5.11 Å². The highest BCUT2D eigenvalue weighted by atomic mass is 35.5. The molecule has 3 aromatic rings. The predicted octanol–water partition coefficient (Wildman–Crippen LogP) is 5.45. The van der Waals surface area contributed by atoms with Crippen molar-refractivity contribution in [1.29, 1.82) is 0 Å². The van der Waals surface area contributed by atoms with Crippen LogP contribution in [0, 0.1) is 20.8 Å². The number of hydrogen-bond donors (Lipinski definition) is 1. The highest BCUT2D eigenvalue weighted by molar-refractivity contribution is 7.80. The number of rotatable bonds is 4. The molecule has 1 aliphatic heterocycles. The van der Waals surface area contributed by atoms with Crippen molar-refractivity contribution in [2.75, 3.05) is 4.90 Å². The van der Waals surface area contributed by atoms with Crippen LogP contribution in [0.15, 0.2) is 54.1 Å². The smallest absolute Gasteiger partial charge is 0.270 e. The van der Waals surface area contributed by atoms with Crippen molar-refractivity contribution in [3.8, 4) is 5.69 Å². The molecule has 0 bridgehead atoms. The van der Waals surface area contributed by atoms with E-state index in [-0.39, 0.29) is 10.7 Å². The Labute approximate surface area is 203 Å². The SMILES string of the molecule is CCc1cccc(C)c1-n1c(C)cc(/C=C2\C(=O)NC(=S)N(c3ccccc3Cl)C2=O)c1C. The number of thiocarbonyl (C=S) groups is 1. The van der Waals surface area contributed by atoms with E-state index in [0.29, 0.717) is 10.7 Å². The summed E-state index contributed by atoms with van der Waals surface area (Å²) in [6.07, 6.45) is 2.53. The van der Waals surface area contributed by atoms with Crippen LogP contribution in [0.1, 0.15) is 35.0 Å². The first kappa shape index (κ1) is 23.0. The molecule has 1 aromatic heterocycles. The molecule has 0 spiro atoms. The van der Waals surface area contributed by atoms with Crippen molar-refractivity contribution in [2.24, 2.45) is 0 Å². The van der Waals surface area contributed by atoms with E-state index in [0.717, 1.165) is 34.6 Å². The average Bonchev–Trinajstić information content (AvgIpc) is 3.05. The van der Waals surface area contributed by atoms with Gasteiger partial charge in [-0.25, -0.2) is 0 Å². The minimum atomic E-state index is -0.525. The Hall–Kier alpha value is -3.22. The van der Waals surface area contributed by atoms with Crippen LogP contribution in [0.2, 0.25) is 5.02 Å². The highest BCUT2D eigenvalue weighted by Gasteiger charge is 2.35. The van der Waals surface area contributed by atoms with Crippen molar-refractivity contribution >= 4 is 52.5 Å². The molecule has 4 rings (SSSR count). The second-order valence-corrected chi connectivity index (χ2v) is 8.80. The fraction of sp³-hybridized carbons (Fsp3) is 0.192. The molecule has 0 aliphatic carbocycles. The van der Waals surface area contributed by atoms with E-state index in [1.807, 2.05) is 19.9 Å². The summed E-state index contributed by atoms with van der Waals surface area (Å²) in [5.74, 6) is -1.03. The summed E-state index contributed by atoms with van der Waals surface area (Å²) in [5, 5.41) is 3.00. The molecular weight excluding hydrogens is 454 g/mol. The maximum atomic E-state index is 13.4. The van der Waals surface area contributed by atoms with Gasteiger partial charge >= 0.3 is 0 Å². The van der Waals surface area contributed by atoms with E-state index in [4.69, 9.17) is 23.8 Å². The number of anilines is 1. The second-order valence-electron chi connectivity index (χ2n) is 8.01. The van der Waals surface area contributed by atoms with Crippen molar-refractivity contribution in [3.05, 3.63) is 87.2 Å². The Bertz CT molecular complexity index is 1340. The fourth-order valence-electron chi connectivity index (χ4n) is 4.27. The molecule has 2 amide bonds. The lowest BCUT2D eigenvalue weighted by molar-refractivity contribution is -0.122. The molecule has 33 heavy (non-hydrogen) atoms. The highest BCUT2D eigenvalue weighted by Crippen LogP contribution is 2.31. The summed E-state index contributed by atoms with van der Waals surface area (Å²) in [4.78, 5) is 27.4. The number of carbonyl (C=O) groups excluding carboxylic acids is 2. The zero-order valence-electron chi connectivity index (χ0n) is 18.9. The normalized spacial score (nSPS) is 15.4. The van der Waals surface area contributed by atoms with Crippen molar-refractivity contribution in [1.82, 2.24) is 9.88 Å². The van der Waals surface area contributed by atoms with Crippen LogP contribution in [-0.2, 0) is 16.0 Å². The summed E-state index contributed by atoms with van der Waals surface area (Å²) >= 11 is 11.6. The van der Waals surface area contributed by atoms with Crippen LogP contribution < -0.4 is 10.2 Å². The third kappa shape index (κ3) is 4.01. The van der Waals surface area contributed by atoms with Gasteiger partial charge in [0, 0.05) is 11.4 Å². The standard InChI is InChI=1S/C26H24ClN3O2S/c1-5-18-10-8-9-15(2)23(18)29-16(3)13-19(17(29)4)14-20-24(31)28-26(33)30(25(20)32)22-12-7-6-11-21(22)27/h6-14H,5H2,1-4H3,(H,28,31,33)/b20-14+. The van der Waals surface area contributed by atoms with E-state index in [9.17, 15) is 9.59 Å². The minimum Gasteiger partial charge on any atom is -0.317 e. The largest absolute Gasteiger partial charge is 0.317 e. The van der Waals surface area contributed by atoms with Crippen LogP contribution in [0.5, 0.6) is 0 Å². The number of para-hydroxylation sites is 2. The predicted molar refractivity (Wildman–Crippen MR) is 137 cm³/mol. The van der Waals surface area contributed by atoms with Gasteiger partial charge in [-0.15, -0.1) is 0 Å². The van der Waals surface area contributed by atoms with Gasteiger partial charge in [0.1, 0.15) is 5.57 Å². The van der Waals surface area contributed by atoms with Gasteiger partial charge < -0.3 is 4.57 Å². The third-order valence-corrected chi connectivity index (χ3v) is 6.50. The number of hydrogen-bond acceptors (Lipinski definition) is 3. The van der Waals surface area contributed by atoms with Crippen LogP contribution in [0.4, 0.5) is 5.69 Å². The van der Waals surface area contributed by atoms with E-state index < -0.39 is 11.8 Å². The molecule has 1 aliphatic rings. The van der Waals surface area contributed by atoms with Gasteiger partial charge in [0.2, 0.25) is 0 Å². The molecular formula is C26H24ClN3O2S. The van der Waals surface area contributed by atoms with Crippen LogP contribution in [-0.4, -0.2) is 21.5 Å². The van der Waals surface area contributed by atoms with Crippen LogP contribution in [0.3, 0.4) is 0 Å². The lowest BCUT2D eigenvalue weighted by Gasteiger charge is -2.29. The fourth-order valence-corrected chi connectivity index (χ4v) is 4.76. The van der Waals surface area contributed by atoms with Crippen molar-refractivity contribution in [2.45, 2.75) is 34.1 Å². The molecule has 5 nitrogen and oxygen atoms in total. The first-order chi connectivity index (χ1) is 15.7. The Morgan fingerprint density at radius 1 is 1.06 bits per heavy atom. The first-order valence-corrected chi connectivity index (χ1v) is 11.5. The van der Waals surface area contributed by atoms with E-state index in [1.165, 1.54) is 10.5 Å². The lowest BCUT2D eigenvalue weighted by Crippen LogP contribution is -2.54. The van der Waals surface area contributed by atoms with Gasteiger partial charge in [-0.05, 0) is 80.4 Å². The van der Waals surface area contributed by atoms with Crippen molar-refractivity contribution < 1.29 is 9.59 Å². The molecule has 0 atom stereocenters.